The van der Waals surface area contributed by atoms with E-state index in [-0.39, 0.29) is 18.0 Å². The molecule has 2 aliphatic rings. The second-order valence-electron chi connectivity index (χ2n) is 7.20. The van der Waals surface area contributed by atoms with E-state index in [2.05, 4.69) is 10.5 Å². The molecule has 0 bridgehead atoms. The molecule has 7 nitrogen and oxygen atoms in total. The molecule has 3 heterocycles. The van der Waals surface area contributed by atoms with Gasteiger partial charge in [0, 0.05) is 37.0 Å². The fourth-order valence-electron chi connectivity index (χ4n) is 3.89. The quantitative estimate of drug-likeness (QED) is 0.892. The molecule has 4 rings (SSSR count). The summed E-state index contributed by atoms with van der Waals surface area (Å²) in [6.07, 6.45) is 4.38. The Bertz CT molecular complexity index is 847. The minimum atomic E-state index is -0.148. The minimum absolute atomic E-state index is 0.0699. The van der Waals surface area contributed by atoms with Crippen LogP contribution in [0.2, 0.25) is 0 Å². The summed E-state index contributed by atoms with van der Waals surface area (Å²) in [6.45, 7) is 3.28. The van der Waals surface area contributed by atoms with Crippen LogP contribution in [0.5, 0.6) is 0 Å². The summed E-state index contributed by atoms with van der Waals surface area (Å²) >= 11 is 0. The second-order valence-corrected chi connectivity index (χ2v) is 7.20. The van der Waals surface area contributed by atoms with E-state index in [1.165, 1.54) is 0 Å². The normalized spacial score (nSPS) is 20.2. The molecule has 0 saturated carbocycles. The summed E-state index contributed by atoms with van der Waals surface area (Å²) in [5, 5.41) is 7.10. The zero-order valence-electron chi connectivity index (χ0n) is 15.5. The summed E-state index contributed by atoms with van der Waals surface area (Å²) in [7, 11) is 0. The number of anilines is 2. The fraction of sp³-hybridized carbons (Fsp3) is 0.450. The first kappa shape index (κ1) is 17.6. The first-order valence-electron chi connectivity index (χ1n) is 9.53. The van der Waals surface area contributed by atoms with Gasteiger partial charge in [-0.25, -0.2) is 4.79 Å². The number of aryl methyl sites for hydroxylation is 1. The van der Waals surface area contributed by atoms with Gasteiger partial charge in [0.15, 0.2) is 0 Å². The first-order chi connectivity index (χ1) is 13.1. The van der Waals surface area contributed by atoms with Crippen LogP contribution in [-0.2, 0) is 4.79 Å². The molecule has 7 heteroatoms. The number of nitrogens with zero attached hydrogens (tertiary/aromatic N) is 3. The molecule has 142 valence electrons. The smallest absolute Gasteiger partial charge is 0.322 e. The third kappa shape index (κ3) is 3.67. The van der Waals surface area contributed by atoms with Crippen molar-refractivity contribution in [3.8, 4) is 0 Å². The summed E-state index contributed by atoms with van der Waals surface area (Å²) in [6, 6.07) is 9.16. The van der Waals surface area contributed by atoms with Gasteiger partial charge in [0.1, 0.15) is 11.5 Å². The second kappa shape index (κ2) is 7.42. The summed E-state index contributed by atoms with van der Waals surface area (Å²) in [5.74, 6) is 0.884. The van der Waals surface area contributed by atoms with Crippen LogP contribution < -0.4 is 10.2 Å². The Balaban J connectivity index is 1.50. The van der Waals surface area contributed by atoms with Crippen LogP contribution in [0.15, 0.2) is 34.9 Å². The molecule has 0 radical (unpaired) electrons. The fourth-order valence-corrected chi connectivity index (χ4v) is 3.89. The molecule has 3 amide bonds. The lowest BCUT2D eigenvalue weighted by Gasteiger charge is -2.34. The lowest BCUT2D eigenvalue weighted by molar-refractivity contribution is -0.117. The van der Waals surface area contributed by atoms with Crippen molar-refractivity contribution in [3.05, 3.63) is 41.8 Å². The van der Waals surface area contributed by atoms with E-state index in [1.54, 1.807) is 4.90 Å². The Morgan fingerprint density at radius 2 is 2.11 bits per heavy atom. The van der Waals surface area contributed by atoms with E-state index < -0.39 is 0 Å². The number of nitrogens with one attached hydrogen (secondary N) is 1. The largest absolute Gasteiger partial charge is 0.361 e. The molecule has 1 atom stereocenters. The molecule has 1 aromatic heterocycles. The van der Waals surface area contributed by atoms with Gasteiger partial charge in [-0.2, -0.15) is 0 Å². The number of carbonyl (C=O) groups excluding carboxylic acids is 2. The number of piperidine rings is 1. The molecule has 2 fully saturated rings. The predicted molar refractivity (Wildman–Crippen MR) is 102 cm³/mol. The van der Waals surface area contributed by atoms with Crippen LogP contribution in [0, 0.1) is 6.92 Å². The number of benzene rings is 1. The summed E-state index contributed by atoms with van der Waals surface area (Å²) < 4.78 is 5.20. The van der Waals surface area contributed by atoms with Crippen molar-refractivity contribution in [2.24, 2.45) is 0 Å². The Labute approximate surface area is 158 Å². The highest BCUT2D eigenvalue weighted by Gasteiger charge is 2.30. The van der Waals surface area contributed by atoms with Gasteiger partial charge in [-0.3, -0.25) is 4.79 Å². The van der Waals surface area contributed by atoms with Crippen molar-refractivity contribution in [2.75, 3.05) is 23.3 Å². The van der Waals surface area contributed by atoms with Crippen LogP contribution in [0.3, 0.4) is 0 Å². The molecule has 1 N–H and O–H groups in total. The topological polar surface area (TPSA) is 78.7 Å². The van der Waals surface area contributed by atoms with Crippen molar-refractivity contribution in [1.29, 1.82) is 0 Å². The summed E-state index contributed by atoms with van der Waals surface area (Å²) in [5.41, 5.74) is 2.33. The van der Waals surface area contributed by atoms with E-state index >= 15 is 0 Å². The van der Waals surface area contributed by atoms with E-state index in [4.69, 9.17) is 4.52 Å². The van der Waals surface area contributed by atoms with E-state index in [1.807, 2.05) is 42.2 Å². The molecular weight excluding hydrogens is 344 g/mol. The SMILES string of the molecule is Cc1cc([C@@H]2CCCCN2C(=O)Nc2cccc(N3CCCC3=O)c2)no1. The zero-order chi connectivity index (χ0) is 18.8. The Kier molecular flexibility index (Phi) is 4.83. The van der Waals surface area contributed by atoms with Gasteiger partial charge in [0.05, 0.1) is 6.04 Å². The number of aromatic nitrogens is 1. The number of carbonyl (C=O) groups is 2. The molecule has 0 spiro atoms. The highest BCUT2D eigenvalue weighted by atomic mass is 16.5. The zero-order valence-corrected chi connectivity index (χ0v) is 15.5. The highest BCUT2D eigenvalue weighted by Crippen LogP contribution is 2.31. The van der Waals surface area contributed by atoms with Gasteiger partial charge >= 0.3 is 6.03 Å². The Morgan fingerprint density at radius 1 is 1.22 bits per heavy atom. The van der Waals surface area contributed by atoms with Crippen LogP contribution in [-0.4, -0.2) is 35.1 Å². The maximum atomic E-state index is 12.9. The monoisotopic (exact) mass is 368 g/mol. The Hall–Kier alpha value is -2.83. The van der Waals surface area contributed by atoms with Crippen LogP contribution in [0.25, 0.3) is 0 Å². The van der Waals surface area contributed by atoms with Crippen molar-refractivity contribution >= 4 is 23.3 Å². The average molecular weight is 368 g/mol. The third-order valence-electron chi connectivity index (χ3n) is 5.23. The lowest BCUT2D eigenvalue weighted by atomic mass is 9.99. The van der Waals surface area contributed by atoms with Crippen molar-refractivity contribution < 1.29 is 14.1 Å². The summed E-state index contributed by atoms with van der Waals surface area (Å²) in [4.78, 5) is 28.5. The molecule has 2 saturated heterocycles. The molecule has 0 unspecified atom stereocenters. The molecule has 0 aliphatic carbocycles. The number of urea groups is 1. The van der Waals surface area contributed by atoms with Crippen molar-refractivity contribution in [2.45, 2.75) is 45.1 Å². The van der Waals surface area contributed by atoms with Crippen LogP contribution in [0.1, 0.15) is 49.6 Å². The molecule has 2 aromatic rings. The van der Waals surface area contributed by atoms with Gasteiger partial charge in [-0.1, -0.05) is 11.2 Å². The van der Waals surface area contributed by atoms with Crippen LogP contribution in [0.4, 0.5) is 16.2 Å². The molecular formula is C20H24N4O3. The van der Waals surface area contributed by atoms with Crippen molar-refractivity contribution in [1.82, 2.24) is 10.1 Å². The lowest BCUT2D eigenvalue weighted by Crippen LogP contribution is -2.41. The standard InChI is InChI=1S/C20H24N4O3/c1-14-12-17(22-27-14)18-8-2-3-10-24(18)20(26)21-15-6-4-7-16(13-15)23-11-5-9-19(23)25/h4,6-7,12-13,18H,2-3,5,8-11H2,1H3,(H,21,26)/t18-/m0/s1. The number of rotatable bonds is 3. The van der Waals surface area contributed by atoms with E-state index in [0.717, 1.165) is 49.4 Å². The van der Waals surface area contributed by atoms with E-state index in [9.17, 15) is 9.59 Å². The van der Waals surface area contributed by atoms with Gasteiger partial charge in [-0.05, 0) is 50.8 Å². The first-order valence-corrected chi connectivity index (χ1v) is 9.53. The maximum absolute atomic E-state index is 12.9. The Morgan fingerprint density at radius 3 is 2.85 bits per heavy atom. The average Bonchev–Trinajstić information content (AvgIpc) is 3.30. The highest BCUT2D eigenvalue weighted by molar-refractivity contribution is 5.96. The number of amides is 3. The van der Waals surface area contributed by atoms with Gasteiger partial charge in [-0.15, -0.1) is 0 Å². The molecule has 2 aliphatic heterocycles. The predicted octanol–water partition coefficient (Wildman–Crippen LogP) is 3.87. The third-order valence-corrected chi connectivity index (χ3v) is 5.23. The van der Waals surface area contributed by atoms with E-state index in [0.29, 0.717) is 18.7 Å². The number of likely N-dealkylation sites (tertiary alicyclic amines) is 1. The van der Waals surface area contributed by atoms with Crippen molar-refractivity contribution in [3.63, 3.8) is 0 Å². The minimum Gasteiger partial charge on any atom is -0.361 e. The number of hydrogen-bond donors (Lipinski definition) is 1. The molecule has 27 heavy (non-hydrogen) atoms. The maximum Gasteiger partial charge on any atom is 0.322 e. The van der Waals surface area contributed by atoms with Gasteiger partial charge < -0.3 is 19.6 Å². The molecule has 1 aromatic carbocycles. The van der Waals surface area contributed by atoms with Gasteiger partial charge in [0.25, 0.3) is 0 Å². The number of hydrogen-bond acceptors (Lipinski definition) is 4. The van der Waals surface area contributed by atoms with Gasteiger partial charge in [0.2, 0.25) is 5.91 Å². The van der Waals surface area contributed by atoms with Crippen LogP contribution >= 0.6 is 0 Å².